The second-order valence-electron chi connectivity index (χ2n) is 3.66. The molecule has 0 bridgehead atoms. The predicted octanol–water partition coefficient (Wildman–Crippen LogP) is 3.75. The zero-order valence-corrected chi connectivity index (χ0v) is 13.4. The number of thioether (sulfide) groups is 1. The van der Waals surface area contributed by atoms with E-state index in [9.17, 15) is 0 Å². The summed E-state index contributed by atoms with van der Waals surface area (Å²) in [5.41, 5.74) is 6.43. The third-order valence-electron chi connectivity index (χ3n) is 2.26. The Kier molecular flexibility index (Phi) is 4.80. The quantitative estimate of drug-likeness (QED) is 0.648. The van der Waals surface area contributed by atoms with Gasteiger partial charge in [0, 0.05) is 4.90 Å². The van der Waals surface area contributed by atoms with Gasteiger partial charge in [-0.05, 0) is 18.4 Å². The highest BCUT2D eigenvalue weighted by atomic mass is 35.6. The summed E-state index contributed by atoms with van der Waals surface area (Å²) in [6, 6.07) is 7.68. The van der Waals surface area contributed by atoms with Crippen LogP contribution in [0.4, 0.5) is 17.6 Å². The summed E-state index contributed by atoms with van der Waals surface area (Å²) < 4.78 is -1.76. The predicted molar refractivity (Wildman–Crippen MR) is 85.0 cm³/mol. The molecule has 2 rings (SSSR count). The van der Waals surface area contributed by atoms with Crippen LogP contribution >= 0.6 is 46.6 Å². The maximum Gasteiger partial charge on any atom is 0.250 e. The Balaban J connectivity index is 2.36. The van der Waals surface area contributed by atoms with E-state index in [1.54, 1.807) is 11.8 Å². The van der Waals surface area contributed by atoms with Gasteiger partial charge >= 0.3 is 0 Å². The number of alkyl halides is 3. The lowest BCUT2D eigenvalue weighted by atomic mass is 10.3. The van der Waals surface area contributed by atoms with E-state index in [4.69, 9.17) is 40.5 Å². The number of hydrogen-bond donors (Lipinski definition) is 2. The Bertz CT molecular complexity index is 617. The third kappa shape index (κ3) is 3.79. The van der Waals surface area contributed by atoms with E-state index < -0.39 is 3.79 Å². The SMILES string of the molecule is CSc1ccccc1Nc1nc(N)nc(C(Cl)(Cl)Cl)n1. The number of nitrogens with one attached hydrogen (secondary N) is 1. The fraction of sp³-hybridized carbons (Fsp3) is 0.182. The highest BCUT2D eigenvalue weighted by Gasteiger charge is 2.28. The number of halogens is 3. The second-order valence-corrected chi connectivity index (χ2v) is 6.79. The van der Waals surface area contributed by atoms with Crippen molar-refractivity contribution in [1.82, 2.24) is 15.0 Å². The maximum absolute atomic E-state index is 5.75. The third-order valence-corrected chi connectivity index (χ3v) is 3.56. The first-order chi connectivity index (χ1) is 9.40. The lowest BCUT2D eigenvalue weighted by molar-refractivity contribution is 0.934. The topological polar surface area (TPSA) is 76.7 Å². The Labute approximate surface area is 135 Å². The number of anilines is 3. The van der Waals surface area contributed by atoms with E-state index in [-0.39, 0.29) is 17.7 Å². The van der Waals surface area contributed by atoms with Gasteiger partial charge in [0.05, 0.1) is 5.69 Å². The van der Waals surface area contributed by atoms with E-state index in [2.05, 4.69) is 20.3 Å². The van der Waals surface area contributed by atoms with Crippen LogP contribution in [-0.4, -0.2) is 21.2 Å². The minimum atomic E-state index is -1.76. The molecule has 0 amide bonds. The highest BCUT2D eigenvalue weighted by Crippen LogP contribution is 2.36. The Morgan fingerprint density at radius 3 is 2.50 bits per heavy atom. The fourth-order valence-corrected chi connectivity index (χ4v) is 2.25. The first-order valence-corrected chi connectivity index (χ1v) is 7.75. The molecule has 0 saturated carbocycles. The molecule has 0 aliphatic rings. The molecule has 20 heavy (non-hydrogen) atoms. The minimum Gasteiger partial charge on any atom is -0.368 e. The van der Waals surface area contributed by atoms with Crippen LogP contribution in [0.15, 0.2) is 29.2 Å². The molecule has 0 saturated heterocycles. The van der Waals surface area contributed by atoms with Crippen molar-refractivity contribution in [1.29, 1.82) is 0 Å². The Morgan fingerprint density at radius 2 is 1.85 bits per heavy atom. The first-order valence-electron chi connectivity index (χ1n) is 5.39. The molecular weight excluding hydrogens is 341 g/mol. The van der Waals surface area contributed by atoms with Gasteiger partial charge in [0.1, 0.15) is 0 Å². The van der Waals surface area contributed by atoms with Crippen LogP contribution in [0.5, 0.6) is 0 Å². The molecule has 1 aromatic heterocycles. The number of benzene rings is 1. The summed E-state index contributed by atoms with van der Waals surface area (Å²) in [5.74, 6) is 0.171. The first kappa shape index (κ1) is 15.4. The number of para-hydroxylation sites is 1. The van der Waals surface area contributed by atoms with Gasteiger partial charge < -0.3 is 11.1 Å². The van der Waals surface area contributed by atoms with Crippen molar-refractivity contribution in [3.8, 4) is 0 Å². The molecule has 0 spiro atoms. The van der Waals surface area contributed by atoms with Crippen molar-refractivity contribution >= 4 is 64.1 Å². The summed E-state index contributed by atoms with van der Waals surface area (Å²) in [4.78, 5) is 12.9. The van der Waals surface area contributed by atoms with Crippen LogP contribution in [0.1, 0.15) is 5.82 Å². The average molecular weight is 351 g/mol. The molecule has 0 aliphatic carbocycles. The zero-order chi connectivity index (χ0) is 14.8. The molecule has 0 aliphatic heterocycles. The lowest BCUT2D eigenvalue weighted by Gasteiger charge is -2.13. The minimum absolute atomic E-state index is 0.0227. The van der Waals surface area contributed by atoms with Crippen LogP contribution in [0.2, 0.25) is 0 Å². The van der Waals surface area contributed by atoms with Crippen molar-refractivity contribution < 1.29 is 0 Å². The number of nitrogens with two attached hydrogens (primary N) is 1. The van der Waals surface area contributed by atoms with Crippen molar-refractivity contribution in [3.05, 3.63) is 30.1 Å². The van der Waals surface area contributed by atoms with E-state index >= 15 is 0 Å². The summed E-state index contributed by atoms with van der Waals surface area (Å²) in [6.45, 7) is 0. The standard InChI is InChI=1S/C11H10Cl3N5S/c1-20-7-5-3-2-4-6(7)16-10-18-8(11(12,13)14)17-9(15)19-10/h2-5H,1H3,(H3,15,16,17,18,19). The lowest BCUT2D eigenvalue weighted by Crippen LogP contribution is -2.13. The number of nitrogens with zero attached hydrogens (tertiary/aromatic N) is 3. The monoisotopic (exact) mass is 349 g/mol. The van der Waals surface area contributed by atoms with Crippen LogP contribution < -0.4 is 11.1 Å². The van der Waals surface area contributed by atoms with Gasteiger partial charge in [-0.1, -0.05) is 46.9 Å². The molecule has 0 radical (unpaired) electrons. The van der Waals surface area contributed by atoms with Gasteiger partial charge in [-0.15, -0.1) is 11.8 Å². The number of aromatic nitrogens is 3. The van der Waals surface area contributed by atoms with Gasteiger partial charge in [-0.25, -0.2) is 0 Å². The maximum atomic E-state index is 5.75. The van der Waals surface area contributed by atoms with Crippen LogP contribution in [-0.2, 0) is 3.79 Å². The van der Waals surface area contributed by atoms with Gasteiger partial charge in [0.2, 0.25) is 15.7 Å². The van der Waals surface area contributed by atoms with Crippen LogP contribution in [0.25, 0.3) is 0 Å². The normalized spacial score (nSPS) is 11.4. The summed E-state index contributed by atoms with van der Waals surface area (Å²) in [6.07, 6.45) is 1.97. The average Bonchev–Trinajstić information content (AvgIpc) is 2.37. The van der Waals surface area contributed by atoms with Crippen LogP contribution in [0, 0.1) is 0 Å². The molecule has 3 N–H and O–H groups in total. The molecule has 1 aromatic carbocycles. The molecule has 0 unspecified atom stereocenters. The Morgan fingerprint density at radius 1 is 1.15 bits per heavy atom. The number of hydrogen-bond acceptors (Lipinski definition) is 6. The van der Waals surface area contributed by atoms with Gasteiger partial charge in [-0.3, -0.25) is 0 Å². The van der Waals surface area contributed by atoms with E-state index in [0.29, 0.717) is 0 Å². The van der Waals surface area contributed by atoms with Crippen LogP contribution in [0.3, 0.4) is 0 Å². The van der Waals surface area contributed by atoms with Crippen molar-refractivity contribution in [2.24, 2.45) is 0 Å². The molecule has 0 atom stereocenters. The van der Waals surface area contributed by atoms with Gasteiger partial charge in [-0.2, -0.15) is 15.0 Å². The molecule has 5 nitrogen and oxygen atoms in total. The largest absolute Gasteiger partial charge is 0.368 e. The smallest absolute Gasteiger partial charge is 0.250 e. The molecule has 0 fully saturated rings. The van der Waals surface area contributed by atoms with Gasteiger partial charge in [0.25, 0.3) is 0 Å². The van der Waals surface area contributed by atoms with Crippen molar-refractivity contribution in [2.45, 2.75) is 8.69 Å². The molecule has 9 heteroatoms. The van der Waals surface area contributed by atoms with E-state index in [1.165, 1.54) is 0 Å². The summed E-state index contributed by atoms with van der Waals surface area (Å²) in [5, 5.41) is 3.04. The molecular formula is C11H10Cl3N5S. The molecule has 1 heterocycles. The fourth-order valence-electron chi connectivity index (χ4n) is 1.44. The van der Waals surface area contributed by atoms with Crippen molar-refractivity contribution in [2.75, 3.05) is 17.3 Å². The second kappa shape index (κ2) is 6.22. The zero-order valence-electron chi connectivity index (χ0n) is 10.3. The number of nitrogen functional groups attached to an aromatic ring is 1. The Hall–Kier alpha value is -0.950. The van der Waals surface area contributed by atoms with Gasteiger partial charge in [0.15, 0.2) is 5.82 Å². The number of rotatable bonds is 3. The molecule has 106 valence electrons. The molecule has 2 aromatic rings. The van der Waals surface area contributed by atoms with E-state index in [0.717, 1.165) is 10.6 Å². The van der Waals surface area contributed by atoms with E-state index in [1.807, 2.05) is 30.5 Å². The highest BCUT2D eigenvalue weighted by molar-refractivity contribution is 7.98. The summed E-state index contributed by atoms with van der Waals surface area (Å²) >= 11 is 18.8. The summed E-state index contributed by atoms with van der Waals surface area (Å²) in [7, 11) is 0. The van der Waals surface area contributed by atoms with Crippen molar-refractivity contribution in [3.63, 3.8) is 0 Å².